The quantitative estimate of drug-likeness (QED) is 0.506. The summed E-state index contributed by atoms with van der Waals surface area (Å²) < 4.78 is 4.92. The molecule has 1 unspecified atom stereocenters. The number of ether oxygens (including phenoxy) is 1. The molecule has 2 aromatic rings. The van der Waals surface area contributed by atoms with Crippen LogP contribution in [0.1, 0.15) is 12.5 Å². The second-order valence-electron chi connectivity index (χ2n) is 5.93. The van der Waals surface area contributed by atoms with Crippen molar-refractivity contribution in [2.75, 3.05) is 23.8 Å². The molecular formula is C20H24N2O3. The smallest absolute Gasteiger partial charge is 0.333 e. The number of carbonyl (C=O) groups excluding carboxylic acids is 1. The summed E-state index contributed by atoms with van der Waals surface area (Å²) in [5.41, 5.74) is 4.34. The molecule has 0 spiro atoms. The summed E-state index contributed by atoms with van der Waals surface area (Å²) in [6.45, 7) is 7.30. The molecule has 2 rings (SSSR count). The zero-order valence-corrected chi connectivity index (χ0v) is 14.6. The molecule has 2 aromatic carbocycles. The number of hydrogen-bond donors (Lipinski definition) is 3. The molecule has 132 valence electrons. The van der Waals surface area contributed by atoms with Crippen LogP contribution in [0.15, 0.2) is 60.7 Å². The van der Waals surface area contributed by atoms with E-state index in [1.807, 2.05) is 55.5 Å². The van der Waals surface area contributed by atoms with Crippen molar-refractivity contribution in [1.29, 1.82) is 0 Å². The third-order valence-corrected chi connectivity index (χ3v) is 3.58. The molecule has 0 aliphatic carbocycles. The maximum Gasteiger partial charge on any atom is 0.333 e. The first-order valence-corrected chi connectivity index (χ1v) is 8.13. The van der Waals surface area contributed by atoms with E-state index >= 15 is 0 Å². The summed E-state index contributed by atoms with van der Waals surface area (Å²) in [6, 6.07) is 15.9. The van der Waals surface area contributed by atoms with E-state index in [0.29, 0.717) is 5.57 Å². The van der Waals surface area contributed by atoms with Gasteiger partial charge in [-0.3, -0.25) is 0 Å². The molecule has 0 aliphatic heterocycles. The van der Waals surface area contributed by atoms with E-state index in [1.165, 1.54) is 0 Å². The zero-order valence-electron chi connectivity index (χ0n) is 14.6. The predicted molar refractivity (Wildman–Crippen MR) is 101 cm³/mol. The molecule has 5 nitrogen and oxygen atoms in total. The molecule has 0 amide bonds. The first kappa shape index (κ1) is 18.5. The van der Waals surface area contributed by atoms with Crippen molar-refractivity contribution in [1.82, 2.24) is 0 Å². The number of carbonyl (C=O) groups is 1. The number of para-hydroxylation sites is 1. The van der Waals surface area contributed by atoms with Gasteiger partial charge in [-0.1, -0.05) is 24.8 Å². The molecule has 0 aromatic heterocycles. The lowest BCUT2D eigenvalue weighted by molar-refractivity contribution is -0.141. The van der Waals surface area contributed by atoms with Crippen molar-refractivity contribution in [3.05, 3.63) is 66.2 Å². The highest BCUT2D eigenvalue weighted by Gasteiger charge is 2.09. The number of aryl methyl sites for hydroxylation is 1. The van der Waals surface area contributed by atoms with Crippen molar-refractivity contribution < 1.29 is 14.6 Å². The maximum absolute atomic E-state index is 11.3. The Hall–Kier alpha value is -2.79. The largest absolute Gasteiger partial charge is 0.460 e. The molecule has 3 N–H and O–H groups in total. The minimum atomic E-state index is -0.786. The van der Waals surface area contributed by atoms with Gasteiger partial charge < -0.3 is 20.5 Å². The molecule has 25 heavy (non-hydrogen) atoms. The van der Waals surface area contributed by atoms with Crippen molar-refractivity contribution in [2.45, 2.75) is 20.0 Å². The van der Waals surface area contributed by atoms with Gasteiger partial charge in [0.05, 0.1) is 0 Å². The Morgan fingerprint density at radius 1 is 1.20 bits per heavy atom. The summed E-state index contributed by atoms with van der Waals surface area (Å²) in [6.07, 6.45) is -0.786. The molecule has 0 heterocycles. The van der Waals surface area contributed by atoms with Gasteiger partial charge in [-0.2, -0.15) is 0 Å². The molecule has 5 heteroatoms. The van der Waals surface area contributed by atoms with Crippen LogP contribution in [0.4, 0.5) is 17.1 Å². The molecule has 0 fully saturated rings. The van der Waals surface area contributed by atoms with Gasteiger partial charge >= 0.3 is 5.97 Å². The Bertz CT molecular complexity index is 729. The van der Waals surface area contributed by atoms with Crippen LogP contribution in [-0.2, 0) is 9.53 Å². The van der Waals surface area contributed by atoms with E-state index in [1.54, 1.807) is 6.92 Å². The topological polar surface area (TPSA) is 70.6 Å². The van der Waals surface area contributed by atoms with Gasteiger partial charge in [0, 0.05) is 29.2 Å². The second-order valence-corrected chi connectivity index (χ2v) is 5.93. The summed E-state index contributed by atoms with van der Waals surface area (Å²) in [5, 5.41) is 16.4. The molecule has 0 saturated heterocycles. The van der Waals surface area contributed by atoms with Crippen LogP contribution in [0.2, 0.25) is 0 Å². The Balaban J connectivity index is 1.86. The summed E-state index contributed by atoms with van der Waals surface area (Å²) >= 11 is 0. The molecule has 0 bridgehead atoms. The van der Waals surface area contributed by atoms with Crippen molar-refractivity contribution in [3.63, 3.8) is 0 Å². The van der Waals surface area contributed by atoms with E-state index in [9.17, 15) is 9.90 Å². The fraction of sp³-hybridized carbons (Fsp3) is 0.250. The monoisotopic (exact) mass is 340 g/mol. The standard InChI is InChI=1S/C20H24N2O3/c1-14(2)20(24)25-13-18(23)12-21-17-9-10-19(15(3)11-17)22-16-7-5-4-6-8-16/h4-11,18,21-23H,1,12-13H2,2-3H3. The maximum atomic E-state index is 11.3. The van der Waals surface area contributed by atoms with Crippen LogP contribution in [0.5, 0.6) is 0 Å². The minimum absolute atomic E-state index is 0.0642. The first-order valence-electron chi connectivity index (χ1n) is 8.13. The number of benzene rings is 2. The average molecular weight is 340 g/mol. The lowest BCUT2D eigenvalue weighted by Gasteiger charge is -2.15. The summed E-state index contributed by atoms with van der Waals surface area (Å²) in [4.78, 5) is 11.3. The van der Waals surface area contributed by atoms with Gasteiger partial charge in [-0.25, -0.2) is 4.79 Å². The normalized spacial score (nSPS) is 11.5. The Labute approximate surface area is 148 Å². The molecule has 0 saturated carbocycles. The lowest BCUT2D eigenvalue weighted by Crippen LogP contribution is -2.26. The molecule has 1 atom stereocenters. The summed E-state index contributed by atoms with van der Waals surface area (Å²) in [5.74, 6) is -0.494. The number of aliphatic hydroxyl groups excluding tert-OH is 1. The fourth-order valence-electron chi connectivity index (χ4n) is 2.18. The number of esters is 1. The van der Waals surface area contributed by atoms with E-state index in [4.69, 9.17) is 4.74 Å². The minimum Gasteiger partial charge on any atom is -0.460 e. The van der Waals surface area contributed by atoms with Crippen molar-refractivity contribution in [3.8, 4) is 0 Å². The van der Waals surface area contributed by atoms with Gasteiger partial charge in [0.25, 0.3) is 0 Å². The van der Waals surface area contributed by atoms with Gasteiger partial charge in [-0.05, 0) is 49.7 Å². The van der Waals surface area contributed by atoms with E-state index in [2.05, 4.69) is 17.2 Å². The van der Waals surface area contributed by atoms with Gasteiger partial charge in [0.2, 0.25) is 0 Å². The van der Waals surface area contributed by atoms with Crippen molar-refractivity contribution >= 4 is 23.0 Å². The molecule has 0 radical (unpaired) electrons. The second kappa shape index (κ2) is 8.89. The van der Waals surface area contributed by atoms with Crippen LogP contribution in [-0.4, -0.2) is 30.3 Å². The Morgan fingerprint density at radius 2 is 1.92 bits per heavy atom. The highest BCUT2D eigenvalue weighted by molar-refractivity contribution is 5.86. The number of nitrogens with one attached hydrogen (secondary N) is 2. The third-order valence-electron chi connectivity index (χ3n) is 3.58. The number of aliphatic hydroxyl groups is 1. The van der Waals surface area contributed by atoms with Crippen molar-refractivity contribution in [2.24, 2.45) is 0 Å². The lowest BCUT2D eigenvalue weighted by atomic mass is 10.1. The van der Waals surface area contributed by atoms with Crippen LogP contribution < -0.4 is 10.6 Å². The molecular weight excluding hydrogens is 316 g/mol. The van der Waals surface area contributed by atoms with E-state index in [-0.39, 0.29) is 13.2 Å². The Morgan fingerprint density at radius 3 is 2.56 bits per heavy atom. The SMILES string of the molecule is C=C(C)C(=O)OCC(O)CNc1ccc(Nc2ccccc2)c(C)c1. The molecule has 0 aliphatic rings. The average Bonchev–Trinajstić information content (AvgIpc) is 2.60. The van der Waals surface area contributed by atoms with Gasteiger partial charge in [-0.15, -0.1) is 0 Å². The van der Waals surface area contributed by atoms with Gasteiger partial charge in [0.1, 0.15) is 12.7 Å². The Kier molecular flexibility index (Phi) is 6.60. The first-order chi connectivity index (χ1) is 12.0. The zero-order chi connectivity index (χ0) is 18.2. The van der Waals surface area contributed by atoms with Gasteiger partial charge in [0.15, 0.2) is 0 Å². The van der Waals surface area contributed by atoms with Crippen LogP contribution >= 0.6 is 0 Å². The predicted octanol–water partition coefficient (Wildman–Crippen LogP) is 3.63. The highest BCUT2D eigenvalue weighted by Crippen LogP contribution is 2.23. The highest BCUT2D eigenvalue weighted by atomic mass is 16.5. The van der Waals surface area contributed by atoms with E-state index in [0.717, 1.165) is 22.6 Å². The number of rotatable bonds is 8. The van der Waals surface area contributed by atoms with Crippen LogP contribution in [0.3, 0.4) is 0 Å². The number of anilines is 3. The third kappa shape index (κ3) is 5.97. The van der Waals surface area contributed by atoms with Crippen LogP contribution in [0, 0.1) is 6.92 Å². The fourth-order valence-corrected chi connectivity index (χ4v) is 2.18. The van der Waals surface area contributed by atoms with Crippen LogP contribution in [0.25, 0.3) is 0 Å². The van der Waals surface area contributed by atoms with E-state index < -0.39 is 12.1 Å². The number of hydrogen-bond acceptors (Lipinski definition) is 5. The summed E-state index contributed by atoms with van der Waals surface area (Å²) in [7, 11) is 0.